The molecule has 1 aromatic heterocycles. The molecule has 2 rings (SSSR count). The van der Waals surface area contributed by atoms with Crippen LogP contribution in [0.25, 0.3) is 0 Å². The van der Waals surface area contributed by atoms with Crippen molar-refractivity contribution in [1.82, 2.24) is 4.98 Å². The molecule has 0 spiro atoms. The Morgan fingerprint density at radius 2 is 2.21 bits per heavy atom. The molecule has 1 heterocycles. The molecular weight excluding hydrogens is 242 g/mol. The van der Waals surface area contributed by atoms with Gasteiger partial charge in [-0.2, -0.15) is 0 Å². The topological polar surface area (TPSA) is 77.2 Å². The van der Waals surface area contributed by atoms with Gasteiger partial charge in [0.25, 0.3) is 5.91 Å². The molecule has 0 saturated carbocycles. The smallest absolute Gasteiger partial charge is 0.263 e. The Kier molecular flexibility index (Phi) is 3.97. The summed E-state index contributed by atoms with van der Waals surface area (Å²) in [6, 6.07) is 10.6. The molecular formula is C14H15N3O2. The van der Waals surface area contributed by atoms with Gasteiger partial charge in [0.2, 0.25) is 0 Å². The summed E-state index contributed by atoms with van der Waals surface area (Å²) < 4.78 is 5.33. The molecule has 98 valence electrons. The van der Waals surface area contributed by atoms with Crippen LogP contribution in [0.4, 0.5) is 11.5 Å². The molecule has 1 amide bonds. The van der Waals surface area contributed by atoms with Crippen molar-refractivity contribution >= 4 is 17.4 Å². The molecule has 0 aliphatic rings. The highest BCUT2D eigenvalue weighted by Crippen LogP contribution is 2.14. The van der Waals surface area contributed by atoms with E-state index in [9.17, 15) is 4.79 Å². The van der Waals surface area contributed by atoms with Crippen molar-refractivity contribution in [3.63, 3.8) is 0 Å². The van der Waals surface area contributed by atoms with E-state index in [0.29, 0.717) is 17.3 Å². The third-order valence-corrected chi connectivity index (χ3v) is 2.41. The van der Waals surface area contributed by atoms with Crippen molar-refractivity contribution in [1.29, 1.82) is 0 Å². The maximum atomic E-state index is 11.7. The normalized spacial score (nSPS) is 9.95. The third-order valence-electron chi connectivity index (χ3n) is 2.41. The molecule has 0 saturated heterocycles. The molecule has 5 heteroatoms. The molecule has 0 unspecified atom stereocenters. The summed E-state index contributed by atoms with van der Waals surface area (Å²) in [5, 5.41) is 2.66. The number of aryl methyl sites for hydroxylation is 1. The molecule has 19 heavy (non-hydrogen) atoms. The number of carbonyl (C=O) groups excluding carboxylic acids is 1. The van der Waals surface area contributed by atoms with E-state index in [1.165, 1.54) is 0 Å². The number of pyridine rings is 1. The Labute approximate surface area is 111 Å². The minimum atomic E-state index is -0.263. The number of nitrogen functional groups attached to an aromatic ring is 1. The first-order chi connectivity index (χ1) is 9.13. The van der Waals surface area contributed by atoms with Crippen molar-refractivity contribution in [3.05, 3.63) is 48.2 Å². The lowest BCUT2D eigenvalue weighted by atomic mass is 10.3. The predicted molar refractivity (Wildman–Crippen MR) is 74.0 cm³/mol. The first kappa shape index (κ1) is 12.9. The molecule has 3 N–H and O–H groups in total. The van der Waals surface area contributed by atoms with E-state index >= 15 is 0 Å². The second kappa shape index (κ2) is 5.86. The van der Waals surface area contributed by atoms with Gasteiger partial charge < -0.3 is 15.8 Å². The zero-order valence-electron chi connectivity index (χ0n) is 10.6. The summed E-state index contributed by atoms with van der Waals surface area (Å²) in [5.74, 6) is 0.814. The van der Waals surface area contributed by atoms with Crippen molar-refractivity contribution in [2.45, 2.75) is 6.92 Å². The van der Waals surface area contributed by atoms with E-state index in [4.69, 9.17) is 10.5 Å². The molecule has 0 atom stereocenters. The average molecular weight is 257 g/mol. The second-order valence-electron chi connectivity index (χ2n) is 4.13. The van der Waals surface area contributed by atoms with Gasteiger partial charge in [-0.05, 0) is 36.8 Å². The highest BCUT2D eigenvalue weighted by Gasteiger charge is 2.04. The number of amides is 1. The van der Waals surface area contributed by atoms with Gasteiger partial charge in [-0.3, -0.25) is 4.79 Å². The number of rotatable bonds is 4. The fourth-order valence-electron chi connectivity index (χ4n) is 1.54. The number of benzene rings is 1. The van der Waals surface area contributed by atoms with Crippen LogP contribution >= 0.6 is 0 Å². The molecule has 0 radical (unpaired) electrons. The quantitative estimate of drug-likeness (QED) is 0.821. The van der Waals surface area contributed by atoms with Crippen molar-refractivity contribution in [2.75, 3.05) is 17.7 Å². The number of nitrogens with two attached hydrogens (primary N) is 1. The average Bonchev–Trinajstić information content (AvgIpc) is 2.36. The van der Waals surface area contributed by atoms with Gasteiger partial charge in [0.15, 0.2) is 6.61 Å². The third kappa shape index (κ3) is 3.99. The van der Waals surface area contributed by atoms with Crippen LogP contribution in [-0.4, -0.2) is 17.5 Å². The summed E-state index contributed by atoms with van der Waals surface area (Å²) in [6.45, 7) is 1.85. The van der Waals surface area contributed by atoms with E-state index in [0.717, 1.165) is 5.56 Å². The van der Waals surface area contributed by atoms with Crippen LogP contribution in [0.15, 0.2) is 42.6 Å². The van der Waals surface area contributed by atoms with Crippen molar-refractivity contribution in [3.8, 4) is 5.75 Å². The number of carbonyl (C=O) groups is 1. The van der Waals surface area contributed by atoms with Gasteiger partial charge in [-0.25, -0.2) is 4.98 Å². The number of hydrogen-bond acceptors (Lipinski definition) is 4. The Bertz CT molecular complexity index is 584. The second-order valence-corrected chi connectivity index (χ2v) is 4.13. The van der Waals surface area contributed by atoms with Gasteiger partial charge in [-0.1, -0.05) is 6.07 Å². The van der Waals surface area contributed by atoms with Crippen LogP contribution < -0.4 is 15.8 Å². The SMILES string of the molecule is Cc1ccnc(NC(=O)COc2cccc(N)c2)c1. The van der Waals surface area contributed by atoms with E-state index in [1.807, 2.05) is 13.0 Å². The summed E-state index contributed by atoms with van der Waals surface area (Å²) in [7, 11) is 0. The number of hydrogen-bond donors (Lipinski definition) is 2. The Balaban J connectivity index is 1.88. The molecule has 0 aliphatic carbocycles. The molecule has 0 fully saturated rings. The summed E-state index contributed by atoms with van der Waals surface area (Å²) in [6.07, 6.45) is 1.64. The molecule has 0 bridgehead atoms. The lowest BCUT2D eigenvalue weighted by molar-refractivity contribution is -0.118. The summed E-state index contributed by atoms with van der Waals surface area (Å²) in [4.78, 5) is 15.7. The molecule has 5 nitrogen and oxygen atoms in total. The molecule has 0 aliphatic heterocycles. The highest BCUT2D eigenvalue weighted by molar-refractivity contribution is 5.91. The van der Waals surface area contributed by atoms with E-state index in [1.54, 1.807) is 36.5 Å². The van der Waals surface area contributed by atoms with Crippen LogP contribution in [0.3, 0.4) is 0 Å². The van der Waals surface area contributed by atoms with E-state index in [-0.39, 0.29) is 12.5 Å². The fourth-order valence-corrected chi connectivity index (χ4v) is 1.54. The number of aromatic nitrogens is 1. The monoisotopic (exact) mass is 257 g/mol. The van der Waals surface area contributed by atoms with Crippen molar-refractivity contribution < 1.29 is 9.53 Å². The van der Waals surface area contributed by atoms with Crippen LogP contribution in [0, 0.1) is 6.92 Å². The van der Waals surface area contributed by atoms with Crippen molar-refractivity contribution in [2.24, 2.45) is 0 Å². The lowest BCUT2D eigenvalue weighted by Crippen LogP contribution is -2.20. The predicted octanol–water partition coefficient (Wildman–Crippen LogP) is 1.99. The maximum Gasteiger partial charge on any atom is 0.263 e. The highest BCUT2D eigenvalue weighted by atomic mass is 16.5. The van der Waals surface area contributed by atoms with E-state index < -0.39 is 0 Å². The first-order valence-electron chi connectivity index (χ1n) is 5.84. The van der Waals surface area contributed by atoms with Gasteiger partial charge in [0.05, 0.1) is 0 Å². The number of nitrogens with one attached hydrogen (secondary N) is 1. The summed E-state index contributed by atoms with van der Waals surface area (Å²) >= 11 is 0. The summed E-state index contributed by atoms with van der Waals surface area (Å²) in [5.41, 5.74) is 7.24. The largest absolute Gasteiger partial charge is 0.484 e. The minimum Gasteiger partial charge on any atom is -0.484 e. The zero-order valence-corrected chi connectivity index (χ0v) is 10.6. The number of anilines is 2. The molecule has 1 aromatic carbocycles. The lowest BCUT2D eigenvalue weighted by Gasteiger charge is -2.07. The Hall–Kier alpha value is -2.56. The van der Waals surface area contributed by atoms with Crippen LogP contribution in [-0.2, 0) is 4.79 Å². The maximum absolute atomic E-state index is 11.7. The van der Waals surface area contributed by atoms with Crippen LogP contribution in [0.2, 0.25) is 0 Å². The van der Waals surface area contributed by atoms with E-state index in [2.05, 4.69) is 10.3 Å². The van der Waals surface area contributed by atoms with Crippen LogP contribution in [0.5, 0.6) is 5.75 Å². The van der Waals surface area contributed by atoms with Crippen LogP contribution in [0.1, 0.15) is 5.56 Å². The van der Waals surface area contributed by atoms with Gasteiger partial charge in [-0.15, -0.1) is 0 Å². The molecule has 2 aromatic rings. The fraction of sp³-hybridized carbons (Fsp3) is 0.143. The van der Waals surface area contributed by atoms with Gasteiger partial charge in [0, 0.05) is 18.0 Å². The Morgan fingerprint density at radius 1 is 1.37 bits per heavy atom. The minimum absolute atomic E-state index is 0.0843. The Morgan fingerprint density at radius 3 is 2.95 bits per heavy atom. The van der Waals surface area contributed by atoms with Gasteiger partial charge in [0.1, 0.15) is 11.6 Å². The number of ether oxygens (including phenoxy) is 1. The first-order valence-corrected chi connectivity index (χ1v) is 5.84. The standard InChI is InChI=1S/C14H15N3O2/c1-10-5-6-16-13(7-10)17-14(18)9-19-12-4-2-3-11(15)8-12/h2-8H,9,15H2,1H3,(H,16,17,18). The number of nitrogens with zero attached hydrogens (tertiary/aromatic N) is 1. The zero-order chi connectivity index (χ0) is 13.7. The van der Waals surface area contributed by atoms with Gasteiger partial charge >= 0.3 is 0 Å².